The Kier molecular flexibility index (Phi) is 5.14. The molecule has 1 heterocycles. The molecule has 1 aromatic carbocycles. The number of halogens is 1. The molecule has 0 saturated carbocycles. The van der Waals surface area contributed by atoms with E-state index >= 15 is 0 Å². The minimum absolute atomic E-state index is 0.597. The van der Waals surface area contributed by atoms with Gasteiger partial charge in [0.15, 0.2) is 11.5 Å². The van der Waals surface area contributed by atoms with Crippen molar-refractivity contribution in [3.63, 3.8) is 0 Å². The van der Waals surface area contributed by atoms with Crippen molar-refractivity contribution >= 4 is 33.0 Å². The first-order valence-electron chi connectivity index (χ1n) is 5.94. The molecule has 2 rings (SSSR count). The molecule has 6 heteroatoms. The largest absolute Gasteiger partial charge is 0.493 e. The fourth-order valence-corrected chi connectivity index (χ4v) is 3.21. The lowest BCUT2D eigenvalue weighted by molar-refractivity contribution is 0.324. The highest BCUT2D eigenvalue weighted by Gasteiger charge is 2.13. The predicted molar refractivity (Wildman–Crippen MR) is 85.4 cm³/mol. The highest BCUT2D eigenvalue weighted by atomic mass is 79.9. The van der Waals surface area contributed by atoms with Crippen LogP contribution in [0.5, 0.6) is 17.2 Å². The van der Waals surface area contributed by atoms with Crippen molar-refractivity contribution in [3.05, 3.63) is 32.9 Å². The van der Waals surface area contributed by atoms with E-state index in [1.807, 2.05) is 12.1 Å². The van der Waals surface area contributed by atoms with Crippen LogP contribution in [0.15, 0.2) is 28.1 Å². The van der Waals surface area contributed by atoms with Gasteiger partial charge in [-0.25, -0.2) is 0 Å². The van der Waals surface area contributed by atoms with Crippen LogP contribution in [0.3, 0.4) is 0 Å². The summed E-state index contributed by atoms with van der Waals surface area (Å²) in [4.78, 5) is 1.24. The molecule has 0 atom stereocenters. The topological polar surface area (TPSA) is 39.7 Å². The minimum Gasteiger partial charge on any atom is -0.493 e. The second-order valence-corrected chi connectivity index (χ2v) is 5.91. The monoisotopic (exact) mass is 357 g/mol. The maximum Gasteiger partial charge on any atom is 0.203 e. The summed E-state index contributed by atoms with van der Waals surface area (Å²) >= 11 is 5.15. The molecule has 0 spiro atoms. The Balaban J connectivity index is 2.19. The van der Waals surface area contributed by atoms with Crippen LogP contribution in [0, 0.1) is 0 Å². The number of hydrogen-bond donors (Lipinski definition) is 1. The molecule has 108 valence electrons. The van der Waals surface area contributed by atoms with Crippen LogP contribution < -0.4 is 19.5 Å². The Morgan fingerprint density at radius 3 is 2.15 bits per heavy atom. The van der Waals surface area contributed by atoms with E-state index in [-0.39, 0.29) is 0 Å². The Bertz CT molecular complexity index is 561. The number of hydrogen-bond acceptors (Lipinski definition) is 5. The fourth-order valence-electron chi connectivity index (χ4n) is 1.82. The Morgan fingerprint density at radius 1 is 1.05 bits per heavy atom. The first-order valence-corrected chi connectivity index (χ1v) is 7.62. The van der Waals surface area contributed by atoms with E-state index in [4.69, 9.17) is 14.2 Å². The SMILES string of the molecule is COc1cc(NCc2cc(Br)cs2)cc(OC)c1OC. The third-order valence-electron chi connectivity index (χ3n) is 2.75. The summed E-state index contributed by atoms with van der Waals surface area (Å²) in [6, 6.07) is 5.88. The van der Waals surface area contributed by atoms with Gasteiger partial charge in [0.1, 0.15) is 0 Å². The van der Waals surface area contributed by atoms with Crippen molar-refractivity contribution in [2.24, 2.45) is 0 Å². The molecular weight excluding hydrogens is 342 g/mol. The summed E-state index contributed by atoms with van der Waals surface area (Å²) in [5.74, 6) is 1.88. The number of nitrogens with one attached hydrogen (secondary N) is 1. The third-order valence-corrected chi connectivity index (χ3v) is 4.45. The molecule has 20 heavy (non-hydrogen) atoms. The van der Waals surface area contributed by atoms with E-state index in [0.717, 1.165) is 16.7 Å². The number of thiophene rings is 1. The normalized spacial score (nSPS) is 10.2. The lowest BCUT2D eigenvalue weighted by Crippen LogP contribution is -2.00. The molecular formula is C14H16BrNO3S. The quantitative estimate of drug-likeness (QED) is 0.842. The van der Waals surface area contributed by atoms with Gasteiger partial charge in [-0.2, -0.15) is 0 Å². The van der Waals surface area contributed by atoms with Crippen LogP contribution in [0.4, 0.5) is 5.69 Å². The number of rotatable bonds is 6. The summed E-state index contributed by atoms with van der Waals surface area (Å²) in [6.45, 7) is 0.745. The van der Waals surface area contributed by atoms with Crippen molar-refractivity contribution in [2.45, 2.75) is 6.54 Å². The number of anilines is 1. The van der Waals surface area contributed by atoms with Crippen LogP contribution >= 0.6 is 27.3 Å². The van der Waals surface area contributed by atoms with E-state index in [1.165, 1.54) is 4.88 Å². The van der Waals surface area contributed by atoms with Gasteiger partial charge in [-0.3, -0.25) is 0 Å². The van der Waals surface area contributed by atoms with Crippen LogP contribution in [0.2, 0.25) is 0 Å². The average molecular weight is 358 g/mol. The standard InChI is InChI=1S/C14H16BrNO3S/c1-17-12-5-10(6-13(18-2)14(12)19-3)16-7-11-4-9(15)8-20-11/h4-6,8,16H,7H2,1-3H3. The smallest absolute Gasteiger partial charge is 0.203 e. The zero-order valence-electron chi connectivity index (χ0n) is 11.5. The van der Waals surface area contributed by atoms with Gasteiger partial charge in [0, 0.05) is 39.1 Å². The predicted octanol–water partition coefficient (Wildman–Crippen LogP) is 4.15. The van der Waals surface area contributed by atoms with Gasteiger partial charge in [0.2, 0.25) is 5.75 Å². The van der Waals surface area contributed by atoms with Gasteiger partial charge in [0.05, 0.1) is 21.3 Å². The van der Waals surface area contributed by atoms with Gasteiger partial charge < -0.3 is 19.5 Å². The lowest BCUT2D eigenvalue weighted by atomic mass is 10.2. The lowest BCUT2D eigenvalue weighted by Gasteiger charge is -2.14. The second-order valence-electron chi connectivity index (χ2n) is 4.00. The molecule has 1 aromatic heterocycles. The first kappa shape index (κ1) is 15.0. The van der Waals surface area contributed by atoms with Crippen molar-refractivity contribution < 1.29 is 14.2 Å². The zero-order chi connectivity index (χ0) is 14.5. The molecule has 0 amide bonds. The highest BCUT2D eigenvalue weighted by molar-refractivity contribution is 9.10. The average Bonchev–Trinajstić information content (AvgIpc) is 2.89. The van der Waals surface area contributed by atoms with Gasteiger partial charge in [-0.1, -0.05) is 0 Å². The number of benzene rings is 1. The highest BCUT2D eigenvalue weighted by Crippen LogP contribution is 2.40. The molecule has 0 aliphatic carbocycles. The maximum atomic E-state index is 5.33. The summed E-state index contributed by atoms with van der Waals surface area (Å²) in [5, 5.41) is 5.41. The Labute approximate surface area is 130 Å². The molecule has 0 aliphatic heterocycles. The summed E-state index contributed by atoms with van der Waals surface area (Å²) in [5.41, 5.74) is 0.920. The first-order chi connectivity index (χ1) is 9.67. The summed E-state index contributed by atoms with van der Waals surface area (Å²) in [7, 11) is 4.81. The summed E-state index contributed by atoms with van der Waals surface area (Å²) in [6.07, 6.45) is 0. The number of methoxy groups -OCH3 is 3. The van der Waals surface area contributed by atoms with Gasteiger partial charge in [-0.15, -0.1) is 11.3 Å². The molecule has 0 unspecified atom stereocenters. The number of ether oxygens (including phenoxy) is 3. The van der Waals surface area contributed by atoms with Gasteiger partial charge in [-0.05, 0) is 22.0 Å². The molecule has 4 nitrogen and oxygen atoms in total. The van der Waals surface area contributed by atoms with Crippen molar-refractivity contribution in [1.82, 2.24) is 0 Å². The van der Waals surface area contributed by atoms with E-state index in [0.29, 0.717) is 17.2 Å². The van der Waals surface area contributed by atoms with Crippen molar-refractivity contribution in [2.75, 3.05) is 26.6 Å². The maximum absolute atomic E-state index is 5.33. The van der Waals surface area contributed by atoms with Crippen LogP contribution in [0.25, 0.3) is 0 Å². The van der Waals surface area contributed by atoms with Crippen molar-refractivity contribution in [3.8, 4) is 17.2 Å². The van der Waals surface area contributed by atoms with Gasteiger partial charge >= 0.3 is 0 Å². The van der Waals surface area contributed by atoms with E-state index in [1.54, 1.807) is 32.7 Å². The molecule has 0 radical (unpaired) electrons. The van der Waals surface area contributed by atoms with Crippen LogP contribution in [-0.4, -0.2) is 21.3 Å². The molecule has 0 aliphatic rings. The van der Waals surface area contributed by atoms with Crippen LogP contribution in [0.1, 0.15) is 4.88 Å². The molecule has 2 aromatic rings. The van der Waals surface area contributed by atoms with Gasteiger partial charge in [0.25, 0.3) is 0 Å². The third kappa shape index (κ3) is 3.37. The second kappa shape index (κ2) is 6.85. The molecule has 1 N–H and O–H groups in total. The Hall–Kier alpha value is -1.40. The van der Waals surface area contributed by atoms with Crippen LogP contribution in [-0.2, 0) is 6.54 Å². The van der Waals surface area contributed by atoms with E-state index in [2.05, 4.69) is 32.7 Å². The van der Waals surface area contributed by atoms with E-state index in [9.17, 15) is 0 Å². The van der Waals surface area contributed by atoms with Crippen molar-refractivity contribution in [1.29, 1.82) is 0 Å². The van der Waals surface area contributed by atoms with E-state index < -0.39 is 0 Å². The zero-order valence-corrected chi connectivity index (χ0v) is 13.9. The fraction of sp³-hybridized carbons (Fsp3) is 0.286. The minimum atomic E-state index is 0.597. The Morgan fingerprint density at radius 2 is 1.70 bits per heavy atom. The summed E-state index contributed by atoms with van der Waals surface area (Å²) < 4.78 is 17.0. The molecule has 0 fully saturated rings. The molecule has 0 bridgehead atoms. The molecule has 0 saturated heterocycles.